The monoisotopic (exact) mass is 268 g/mol. The average molecular weight is 268 g/mol. The summed E-state index contributed by atoms with van der Waals surface area (Å²) in [7, 11) is 0. The van der Waals surface area contributed by atoms with Gasteiger partial charge in [-0.25, -0.2) is 4.79 Å². The van der Waals surface area contributed by atoms with Crippen molar-refractivity contribution in [1.29, 1.82) is 0 Å². The molecule has 0 rings (SSSR count). The number of esters is 1. The van der Waals surface area contributed by atoms with Crippen molar-refractivity contribution in [2.24, 2.45) is 0 Å². The Labute approximate surface area is 103 Å². The van der Waals surface area contributed by atoms with Crippen molar-refractivity contribution < 1.29 is 32.2 Å². The zero-order valence-corrected chi connectivity index (χ0v) is 10.5. The van der Waals surface area contributed by atoms with Gasteiger partial charge in [0.05, 0.1) is 12.2 Å². The molecule has 0 N–H and O–H groups in total. The second kappa shape index (κ2) is 6.42. The van der Waals surface area contributed by atoms with Crippen LogP contribution in [0.15, 0.2) is 11.8 Å². The third-order valence-electron chi connectivity index (χ3n) is 1.52. The van der Waals surface area contributed by atoms with Gasteiger partial charge in [0, 0.05) is 0 Å². The van der Waals surface area contributed by atoms with Crippen molar-refractivity contribution in [3.05, 3.63) is 11.8 Å². The molecular formula is C11H15F3O4. The minimum atomic E-state index is -5.15. The standard InChI is InChI=1S/C11H15F3O4/c1-6(2)17-5-8(9(15)11(12,13)14)10(16)18-7(3)4/h5-7H,1-4H3/b8-5+. The van der Waals surface area contributed by atoms with Gasteiger partial charge in [-0.2, -0.15) is 13.2 Å². The first kappa shape index (κ1) is 16.5. The Balaban J connectivity index is 5.13. The molecule has 18 heavy (non-hydrogen) atoms. The van der Waals surface area contributed by atoms with Crippen molar-refractivity contribution in [3.63, 3.8) is 0 Å². The quantitative estimate of drug-likeness (QED) is 0.252. The molecule has 0 saturated heterocycles. The van der Waals surface area contributed by atoms with E-state index in [4.69, 9.17) is 4.74 Å². The molecule has 0 aliphatic rings. The van der Waals surface area contributed by atoms with Gasteiger partial charge < -0.3 is 9.47 Å². The third kappa shape index (κ3) is 5.70. The summed E-state index contributed by atoms with van der Waals surface area (Å²) in [6, 6.07) is 0. The molecular weight excluding hydrogens is 253 g/mol. The Bertz CT molecular complexity index is 343. The van der Waals surface area contributed by atoms with E-state index >= 15 is 0 Å². The molecule has 0 heterocycles. The average Bonchev–Trinajstić information content (AvgIpc) is 2.14. The number of alkyl halides is 3. The van der Waals surface area contributed by atoms with Crippen LogP contribution in [0.5, 0.6) is 0 Å². The van der Waals surface area contributed by atoms with Gasteiger partial charge in [0.2, 0.25) is 0 Å². The van der Waals surface area contributed by atoms with Crippen molar-refractivity contribution in [2.75, 3.05) is 0 Å². The Morgan fingerprint density at radius 1 is 1.06 bits per heavy atom. The summed E-state index contributed by atoms with van der Waals surface area (Å²) in [4.78, 5) is 22.4. The van der Waals surface area contributed by atoms with Gasteiger partial charge in [-0.05, 0) is 27.7 Å². The summed E-state index contributed by atoms with van der Waals surface area (Å²) in [6.45, 7) is 5.99. The van der Waals surface area contributed by atoms with E-state index < -0.39 is 35.7 Å². The summed E-state index contributed by atoms with van der Waals surface area (Å²) < 4.78 is 46.1. The van der Waals surface area contributed by atoms with Gasteiger partial charge in [0.15, 0.2) is 0 Å². The van der Waals surface area contributed by atoms with Crippen molar-refractivity contribution in [1.82, 2.24) is 0 Å². The molecule has 0 aliphatic heterocycles. The molecule has 0 aromatic rings. The highest BCUT2D eigenvalue weighted by molar-refractivity contribution is 6.19. The van der Waals surface area contributed by atoms with Crippen LogP contribution in [-0.4, -0.2) is 30.1 Å². The van der Waals surface area contributed by atoms with Crippen LogP contribution < -0.4 is 0 Å². The fraction of sp³-hybridized carbons (Fsp3) is 0.636. The highest BCUT2D eigenvalue weighted by Crippen LogP contribution is 2.22. The largest absolute Gasteiger partial charge is 0.498 e. The number of hydrogen-bond acceptors (Lipinski definition) is 4. The van der Waals surface area contributed by atoms with Crippen molar-refractivity contribution >= 4 is 11.8 Å². The summed E-state index contributed by atoms with van der Waals surface area (Å²) in [5.74, 6) is -3.64. The van der Waals surface area contributed by atoms with Gasteiger partial charge in [0.1, 0.15) is 11.8 Å². The summed E-state index contributed by atoms with van der Waals surface area (Å²) in [5.41, 5.74) is -1.16. The molecule has 104 valence electrons. The fourth-order valence-electron chi connectivity index (χ4n) is 0.829. The molecule has 7 heteroatoms. The predicted molar refractivity (Wildman–Crippen MR) is 56.6 cm³/mol. The van der Waals surface area contributed by atoms with Crippen LogP contribution in [0, 0.1) is 0 Å². The van der Waals surface area contributed by atoms with Gasteiger partial charge in [-0.15, -0.1) is 0 Å². The lowest BCUT2D eigenvalue weighted by Crippen LogP contribution is -2.30. The van der Waals surface area contributed by atoms with Gasteiger partial charge in [-0.3, -0.25) is 4.79 Å². The summed E-state index contributed by atoms with van der Waals surface area (Å²) in [6.07, 6.45) is -5.76. The highest BCUT2D eigenvalue weighted by Gasteiger charge is 2.44. The lowest BCUT2D eigenvalue weighted by atomic mass is 10.2. The Morgan fingerprint density at radius 3 is 1.89 bits per heavy atom. The van der Waals surface area contributed by atoms with Crippen LogP contribution in [0.4, 0.5) is 13.2 Å². The van der Waals surface area contributed by atoms with Gasteiger partial charge in [0.25, 0.3) is 5.78 Å². The van der Waals surface area contributed by atoms with Crippen LogP contribution >= 0.6 is 0 Å². The number of Topliss-reactive ketones (excluding diaryl/α,β-unsaturated/α-hetero) is 1. The first-order valence-corrected chi connectivity index (χ1v) is 5.23. The smallest absolute Gasteiger partial charge is 0.455 e. The molecule has 0 radical (unpaired) electrons. The molecule has 0 aromatic heterocycles. The maximum Gasteiger partial charge on any atom is 0.455 e. The fourth-order valence-corrected chi connectivity index (χ4v) is 0.829. The van der Waals surface area contributed by atoms with Crippen LogP contribution in [0.2, 0.25) is 0 Å². The van der Waals surface area contributed by atoms with Gasteiger partial charge >= 0.3 is 12.1 Å². The molecule has 0 unspecified atom stereocenters. The Kier molecular flexibility index (Phi) is 5.87. The van der Waals surface area contributed by atoms with E-state index in [0.717, 1.165) is 0 Å². The van der Waals surface area contributed by atoms with Crippen LogP contribution in [0.25, 0.3) is 0 Å². The topological polar surface area (TPSA) is 52.6 Å². The second-order valence-corrected chi connectivity index (χ2v) is 4.00. The number of hydrogen-bond donors (Lipinski definition) is 0. The van der Waals surface area contributed by atoms with Crippen molar-refractivity contribution in [3.8, 4) is 0 Å². The molecule has 0 aromatic carbocycles. The normalized spacial score (nSPS) is 12.8. The van der Waals surface area contributed by atoms with Crippen LogP contribution in [0.3, 0.4) is 0 Å². The minimum Gasteiger partial charge on any atom is -0.498 e. The number of ether oxygens (including phenoxy) is 2. The van der Waals surface area contributed by atoms with Crippen LogP contribution in [-0.2, 0) is 19.1 Å². The molecule has 0 amide bonds. The lowest BCUT2D eigenvalue weighted by Gasteiger charge is -2.12. The SMILES string of the molecule is CC(C)O/C=C(/C(=O)OC(C)C)C(=O)C(F)(F)F. The van der Waals surface area contributed by atoms with Crippen molar-refractivity contribution in [2.45, 2.75) is 46.1 Å². The molecule has 0 saturated carbocycles. The number of ketones is 1. The zero-order valence-electron chi connectivity index (χ0n) is 10.5. The molecule has 0 bridgehead atoms. The number of rotatable bonds is 5. The number of carbonyl (C=O) groups is 2. The molecule has 0 atom stereocenters. The summed E-state index contributed by atoms with van der Waals surface area (Å²) >= 11 is 0. The number of carbonyl (C=O) groups excluding carboxylic acids is 2. The molecule has 4 nitrogen and oxygen atoms in total. The molecule has 0 spiro atoms. The second-order valence-electron chi connectivity index (χ2n) is 4.00. The predicted octanol–water partition coefficient (Wildman–Crippen LogP) is 2.38. The van der Waals surface area contributed by atoms with E-state index in [9.17, 15) is 22.8 Å². The Morgan fingerprint density at radius 2 is 1.56 bits per heavy atom. The third-order valence-corrected chi connectivity index (χ3v) is 1.52. The van der Waals surface area contributed by atoms with Gasteiger partial charge in [-0.1, -0.05) is 0 Å². The van der Waals surface area contributed by atoms with E-state index in [2.05, 4.69) is 4.74 Å². The molecule has 0 fully saturated rings. The molecule has 0 aliphatic carbocycles. The zero-order chi connectivity index (χ0) is 14.5. The summed E-state index contributed by atoms with van der Waals surface area (Å²) in [5, 5.41) is 0. The lowest BCUT2D eigenvalue weighted by molar-refractivity contribution is -0.169. The van der Waals surface area contributed by atoms with E-state index in [1.807, 2.05) is 0 Å². The Hall–Kier alpha value is -1.53. The first-order valence-electron chi connectivity index (χ1n) is 5.23. The number of halogens is 3. The first-order chi connectivity index (χ1) is 8.05. The van der Waals surface area contributed by atoms with E-state index in [1.165, 1.54) is 13.8 Å². The van der Waals surface area contributed by atoms with E-state index in [0.29, 0.717) is 6.26 Å². The maximum absolute atomic E-state index is 12.3. The minimum absolute atomic E-state index is 0.465. The van der Waals surface area contributed by atoms with Crippen LogP contribution in [0.1, 0.15) is 27.7 Å². The van der Waals surface area contributed by atoms with E-state index in [1.54, 1.807) is 13.8 Å². The maximum atomic E-state index is 12.3. The van der Waals surface area contributed by atoms with E-state index in [-0.39, 0.29) is 0 Å². The highest BCUT2D eigenvalue weighted by atomic mass is 19.4.